The number of ether oxygens (including phenoxy) is 2. The average Bonchev–Trinajstić information content (AvgIpc) is 3.05. The molecule has 3 aromatic rings. The lowest BCUT2D eigenvalue weighted by molar-refractivity contribution is -0.0647. The predicted octanol–water partition coefficient (Wildman–Crippen LogP) is 2.73. The van der Waals surface area contributed by atoms with Crippen LogP contribution in [-0.4, -0.2) is 101 Å². The summed E-state index contributed by atoms with van der Waals surface area (Å²) in [5.74, 6) is 2.36. The molecule has 2 aliphatic heterocycles. The van der Waals surface area contributed by atoms with Crippen LogP contribution >= 0.6 is 0 Å². The van der Waals surface area contributed by atoms with Crippen molar-refractivity contribution < 1.29 is 9.47 Å². The molecule has 43 heavy (non-hydrogen) atoms. The van der Waals surface area contributed by atoms with Crippen molar-refractivity contribution in [2.45, 2.75) is 25.9 Å². The van der Waals surface area contributed by atoms with Gasteiger partial charge in [0.1, 0.15) is 6.33 Å². The fraction of sp³-hybridized carbons (Fsp3) is 0.452. The second-order valence-electron chi connectivity index (χ2n) is 10.9. The molecule has 0 saturated carbocycles. The molecule has 2 saturated heterocycles. The maximum Gasteiger partial charge on any atom is 0.232 e. The minimum atomic E-state index is -0.250. The zero-order chi connectivity index (χ0) is 30.1. The summed E-state index contributed by atoms with van der Waals surface area (Å²) in [6.45, 7) is 15.2. The van der Waals surface area contributed by atoms with Gasteiger partial charge in [-0.05, 0) is 25.5 Å². The largest absolute Gasteiger partial charge is 0.481 e. The highest BCUT2D eigenvalue weighted by atomic mass is 16.5. The van der Waals surface area contributed by atoms with Crippen molar-refractivity contribution >= 4 is 17.8 Å². The molecule has 0 bridgehead atoms. The van der Waals surface area contributed by atoms with Gasteiger partial charge in [-0.15, -0.1) is 0 Å². The normalized spacial score (nSPS) is 19.2. The minimum Gasteiger partial charge on any atom is -0.481 e. The van der Waals surface area contributed by atoms with Gasteiger partial charge >= 0.3 is 0 Å². The third kappa shape index (κ3) is 7.96. The average molecular weight is 587 g/mol. The highest BCUT2D eigenvalue weighted by molar-refractivity contribution is 5.45. The number of aromatic nitrogens is 5. The minimum absolute atomic E-state index is 0.250. The zero-order valence-corrected chi connectivity index (χ0v) is 25.4. The molecule has 0 unspecified atom stereocenters. The summed E-state index contributed by atoms with van der Waals surface area (Å²) in [6, 6.07) is 10.3. The van der Waals surface area contributed by atoms with Crippen LogP contribution in [0.5, 0.6) is 5.88 Å². The Balaban J connectivity index is 1.19. The maximum absolute atomic E-state index is 6.05. The Morgan fingerprint density at radius 1 is 1.12 bits per heavy atom. The molecule has 0 radical (unpaired) electrons. The van der Waals surface area contributed by atoms with Gasteiger partial charge < -0.3 is 34.8 Å². The van der Waals surface area contributed by atoms with Crippen LogP contribution < -0.4 is 25.2 Å². The lowest BCUT2D eigenvalue weighted by Crippen LogP contribution is -2.53. The number of hydrogen-bond acceptors (Lipinski definition) is 12. The SMILES string of the molecule is C=C/C(=C\N(CC)C[C@]1(C)CNCCO1)Nc1ncnc(N2CCN(c3ncc(Cc4ccccc4)c(OC)n3)CC2)n1. The molecule has 228 valence electrons. The molecule has 4 heterocycles. The Morgan fingerprint density at radius 2 is 1.86 bits per heavy atom. The van der Waals surface area contributed by atoms with Crippen molar-refractivity contribution in [3.63, 3.8) is 0 Å². The number of piperazine rings is 1. The van der Waals surface area contributed by atoms with Crippen LogP contribution in [0.25, 0.3) is 0 Å². The summed E-state index contributed by atoms with van der Waals surface area (Å²) in [5, 5.41) is 6.73. The quantitative estimate of drug-likeness (QED) is 0.304. The molecule has 1 atom stereocenters. The third-order valence-electron chi connectivity index (χ3n) is 7.62. The molecule has 2 fully saturated rings. The van der Waals surface area contributed by atoms with E-state index in [1.807, 2.05) is 30.6 Å². The van der Waals surface area contributed by atoms with Gasteiger partial charge in [-0.25, -0.2) is 15.0 Å². The Kier molecular flexibility index (Phi) is 10.0. The molecule has 12 nitrogen and oxygen atoms in total. The fourth-order valence-electron chi connectivity index (χ4n) is 5.27. The molecule has 0 aliphatic carbocycles. The third-order valence-corrected chi connectivity index (χ3v) is 7.62. The first-order valence-electron chi connectivity index (χ1n) is 14.8. The van der Waals surface area contributed by atoms with E-state index in [9.17, 15) is 0 Å². The lowest BCUT2D eigenvalue weighted by Gasteiger charge is -2.38. The molecule has 2 aliphatic rings. The van der Waals surface area contributed by atoms with E-state index in [1.165, 1.54) is 11.9 Å². The Bertz CT molecular complexity index is 1370. The van der Waals surface area contributed by atoms with Crippen LogP contribution in [0.4, 0.5) is 17.8 Å². The number of rotatable bonds is 12. The predicted molar refractivity (Wildman–Crippen MR) is 168 cm³/mol. The first-order valence-corrected chi connectivity index (χ1v) is 14.8. The van der Waals surface area contributed by atoms with Crippen LogP contribution in [0.1, 0.15) is 25.0 Å². The number of anilines is 3. The number of methoxy groups -OCH3 is 1. The van der Waals surface area contributed by atoms with Gasteiger partial charge in [0.25, 0.3) is 0 Å². The summed E-state index contributed by atoms with van der Waals surface area (Å²) in [4.78, 5) is 29.4. The second kappa shape index (κ2) is 14.3. The van der Waals surface area contributed by atoms with E-state index < -0.39 is 0 Å². The fourth-order valence-corrected chi connectivity index (χ4v) is 5.27. The van der Waals surface area contributed by atoms with Gasteiger partial charge in [-0.3, -0.25) is 0 Å². The summed E-state index contributed by atoms with van der Waals surface area (Å²) in [6.07, 6.45) is 7.94. The van der Waals surface area contributed by atoms with Crippen LogP contribution in [0.2, 0.25) is 0 Å². The second-order valence-corrected chi connectivity index (χ2v) is 10.9. The van der Waals surface area contributed by atoms with Crippen molar-refractivity contribution in [2.75, 3.05) is 81.2 Å². The van der Waals surface area contributed by atoms with Gasteiger partial charge in [0, 0.05) is 76.7 Å². The molecule has 0 spiro atoms. The van der Waals surface area contributed by atoms with Crippen LogP contribution in [0, 0.1) is 0 Å². The molecule has 2 N–H and O–H groups in total. The highest BCUT2D eigenvalue weighted by Gasteiger charge is 2.29. The summed E-state index contributed by atoms with van der Waals surface area (Å²) < 4.78 is 11.7. The Hall–Kier alpha value is -4.29. The van der Waals surface area contributed by atoms with E-state index in [0.29, 0.717) is 30.3 Å². The summed E-state index contributed by atoms with van der Waals surface area (Å²) in [7, 11) is 1.65. The summed E-state index contributed by atoms with van der Waals surface area (Å²) >= 11 is 0. The highest BCUT2D eigenvalue weighted by Crippen LogP contribution is 2.23. The van der Waals surface area contributed by atoms with Gasteiger partial charge in [0.05, 0.1) is 25.0 Å². The van der Waals surface area contributed by atoms with E-state index in [1.54, 1.807) is 13.2 Å². The lowest BCUT2D eigenvalue weighted by atomic mass is 10.0. The number of benzene rings is 1. The van der Waals surface area contributed by atoms with E-state index in [-0.39, 0.29) is 5.60 Å². The van der Waals surface area contributed by atoms with E-state index in [0.717, 1.165) is 70.0 Å². The first-order chi connectivity index (χ1) is 21.0. The Labute approximate surface area is 253 Å². The van der Waals surface area contributed by atoms with Crippen molar-refractivity contribution in [1.29, 1.82) is 0 Å². The number of nitrogens with zero attached hydrogens (tertiary/aromatic N) is 8. The molecule has 12 heteroatoms. The monoisotopic (exact) mass is 586 g/mol. The smallest absolute Gasteiger partial charge is 0.232 e. The Morgan fingerprint density at radius 3 is 2.51 bits per heavy atom. The van der Waals surface area contributed by atoms with Crippen molar-refractivity contribution in [2.24, 2.45) is 0 Å². The molecular formula is C31H42N10O2. The van der Waals surface area contributed by atoms with Gasteiger partial charge in [0.2, 0.25) is 23.7 Å². The van der Waals surface area contributed by atoms with Crippen molar-refractivity contribution in [1.82, 2.24) is 35.1 Å². The molecule has 0 amide bonds. The zero-order valence-electron chi connectivity index (χ0n) is 25.4. The number of morpholine rings is 1. The van der Waals surface area contributed by atoms with Gasteiger partial charge in [-0.2, -0.15) is 9.97 Å². The maximum atomic E-state index is 6.05. The number of nitrogens with one attached hydrogen (secondary N) is 2. The van der Waals surface area contributed by atoms with Crippen LogP contribution in [0.15, 0.2) is 67.4 Å². The van der Waals surface area contributed by atoms with Gasteiger partial charge in [-0.1, -0.05) is 36.9 Å². The molecule has 5 rings (SSSR count). The number of likely N-dealkylation sites (N-methyl/N-ethyl adjacent to an activating group) is 1. The standard InChI is InChI=1S/C31H42N10O2/c1-5-26(20-39(6-2)22-31(3)21-32-12-17-43-31)36-28-34-23-35-30(38-28)41-15-13-40(14-16-41)29-33-19-25(27(37-29)42-4)18-24-10-8-7-9-11-24/h5,7-11,19-20,23,32H,1,6,12-18,21-22H2,2-4H3,(H,34,35,36,38)/b26-20+/t31-/m0/s1. The van der Waals surface area contributed by atoms with E-state index in [2.05, 4.69) is 72.8 Å². The van der Waals surface area contributed by atoms with E-state index in [4.69, 9.17) is 19.4 Å². The summed E-state index contributed by atoms with van der Waals surface area (Å²) in [5.41, 5.74) is 2.71. The van der Waals surface area contributed by atoms with Crippen molar-refractivity contribution in [3.05, 3.63) is 78.5 Å². The van der Waals surface area contributed by atoms with E-state index >= 15 is 0 Å². The topological polar surface area (TPSA) is 117 Å². The van der Waals surface area contributed by atoms with Crippen LogP contribution in [0.3, 0.4) is 0 Å². The van der Waals surface area contributed by atoms with Gasteiger partial charge in [0.15, 0.2) is 0 Å². The molecular weight excluding hydrogens is 544 g/mol. The molecule has 2 aromatic heterocycles. The molecule has 1 aromatic carbocycles. The van der Waals surface area contributed by atoms with Crippen molar-refractivity contribution in [3.8, 4) is 5.88 Å². The first kappa shape index (κ1) is 30.2. The van der Waals surface area contributed by atoms with Crippen LogP contribution in [-0.2, 0) is 11.2 Å². The number of allylic oxidation sites excluding steroid dienone is 1. The number of hydrogen-bond donors (Lipinski definition) is 2.